The van der Waals surface area contributed by atoms with Crippen molar-refractivity contribution in [3.05, 3.63) is 0 Å². The van der Waals surface area contributed by atoms with Crippen molar-refractivity contribution >= 4 is 11.9 Å². The lowest BCUT2D eigenvalue weighted by Gasteiger charge is -2.39. The summed E-state index contributed by atoms with van der Waals surface area (Å²) in [5, 5.41) is 12.5. The molecule has 0 aromatic rings. The van der Waals surface area contributed by atoms with E-state index in [1.165, 1.54) is 0 Å². The molecule has 0 spiro atoms. The van der Waals surface area contributed by atoms with E-state index in [0.717, 1.165) is 19.4 Å². The van der Waals surface area contributed by atoms with Gasteiger partial charge in [-0.25, -0.2) is 4.79 Å². The van der Waals surface area contributed by atoms with Crippen LogP contribution < -0.4 is 5.32 Å². The Bertz CT molecular complexity index is 345. The second-order valence-electron chi connectivity index (χ2n) is 5.68. The normalized spacial score (nSPS) is 36.7. The maximum atomic E-state index is 12.5. The summed E-state index contributed by atoms with van der Waals surface area (Å²) >= 11 is 0. The third-order valence-corrected chi connectivity index (χ3v) is 4.30. The van der Waals surface area contributed by atoms with Crippen molar-refractivity contribution in [3.63, 3.8) is 0 Å². The Labute approximate surface area is 108 Å². The summed E-state index contributed by atoms with van der Waals surface area (Å²) in [4.78, 5) is 25.5. The topological polar surface area (TPSA) is 69.6 Å². The van der Waals surface area contributed by atoms with E-state index in [0.29, 0.717) is 19.0 Å². The Morgan fingerprint density at radius 1 is 1.22 bits per heavy atom. The van der Waals surface area contributed by atoms with Gasteiger partial charge in [-0.2, -0.15) is 0 Å². The lowest BCUT2D eigenvalue weighted by Crippen LogP contribution is -2.54. The van der Waals surface area contributed by atoms with E-state index in [2.05, 4.69) is 5.32 Å². The summed E-state index contributed by atoms with van der Waals surface area (Å²) in [6, 6.07) is -0.640. The third-order valence-electron chi connectivity index (χ3n) is 4.30. The van der Waals surface area contributed by atoms with Crippen LogP contribution in [0.15, 0.2) is 0 Å². The predicted octanol–water partition coefficient (Wildman–Crippen LogP) is 0.554. The van der Waals surface area contributed by atoms with Crippen molar-refractivity contribution in [2.24, 2.45) is 17.8 Å². The number of rotatable bonds is 2. The summed E-state index contributed by atoms with van der Waals surface area (Å²) in [6.07, 6.45) is 1.80. The van der Waals surface area contributed by atoms with Gasteiger partial charge in [0.1, 0.15) is 6.04 Å². The van der Waals surface area contributed by atoms with E-state index in [-0.39, 0.29) is 17.7 Å². The van der Waals surface area contributed by atoms with Gasteiger partial charge < -0.3 is 15.3 Å². The maximum Gasteiger partial charge on any atom is 0.326 e. The molecule has 4 unspecified atom stereocenters. The SMILES string of the molecule is CC1CNCC1C(=O)N1CCCC(C)C1C(=O)O. The number of carbonyl (C=O) groups is 2. The molecule has 2 heterocycles. The zero-order valence-electron chi connectivity index (χ0n) is 11.1. The van der Waals surface area contributed by atoms with Gasteiger partial charge in [-0.1, -0.05) is 13.8 Å². The summed E-state index contributed by atoms with van der Waals surface area (Å²) in [7, 11) is 0. The van der Waals surface area contributed by atoms with E-state index in [4.69, 9.17) is 0 Å². The highest BCUT2D eigenvalue weighted by atomic mass is 16.4. The average molecular weight is 254 g/mol. The number of carbonyl (C=O) groups excluding carboxylic acids is 1. The molecule has 0 aromatic heterocycles. The molecular formula is C13H22N2O3. The molecule has 5 heteroatoms. The first-order valence-electron chi connectivity index (χ1n) is 6.76. The van der Waals surface area contributed by atoms with Crippen molar-refractivity contribution < 1.29 is 14.7 Å². The molecule has 1 amide bonds. The van der Waals surface area contributed by atoms with E-state index < -0.39 is 12.0 Å². The minimum absolute atomic E-state index is 0.0199. The number of nitrogens with one attached hydrogen (secondary N) is 1. The molecule has 5 nitrogen and oxygen atoms in total. The van der Waals surface area contributed by atoms with Gasteiger partial charge in [0, 0.05) is 13.1 Å². The van der Waals surface area contributed by atoms with Gasteiger partial charge in [0.15, 0.2) is 0 Å². The van der Waals surface area contributed by atoms with E-state index in [1.54, 1.807) is 4.90 Å². The summed E-state index contributed by atoms with van der Waals surface area (Å²) in [6.45, 7) is 6.08. The number of aliphatic carboxylic acids is 1. The first kappa shape index (κ1) is 13.3. The average Bonchev–Trinajstić information content (AvgIpc) is 2.73. The fraction of sp³-hybridized carbons (Fsp3) is 0.846. The molecule has 2 aliphatic rings. The monoisotopic (exact) mass is 254 g/mol. The second-order valence-corrected chi connectivity index (χ2v) is 5.68. The highest BCUT2D eigenvalue weighted by Gasteiger charge is 2.41. The molecule has 0 aromatic carbocycles. The molecule has 0 aliphatic carbocycles. The predicted molar refractivity (Wildman–Crippen MR) is 67.1 cm³/mol. The van der Waals surface area contributed by atoms with Gasteiger partial charge in [0.2, 0.25) is 5.91 Å². The largest absolute Gasteiger partial charge is 0.480 e. The Kier molecular flexibility index (Phi) is 3.90. The van der Waals surface area contributed by atoms with Gasteiger partial charge in [0.25, 0.3) is 0 Å². The summed E-state index contributed by atoms with van der Waals surface area (Å²) in [5.74, 6) is -0.563. The molecule has 2 fully saturated rings. The molecule has 102 valence electrons. The standard InChI is InChI=1S/C13H22N2O3/c1-8-4-3-5-15(11(8)13(17)18)12(16)10-7-14-6-9(10)2/h8-11,14H,3-7H2,1-2H3,(H,17,18). The number of hydrogen-bond donors (Lipinski definition) is 2. The quantitative estimate of drug-likeness (QED) is 0.755. The van der Waals surface area contributed by atoms with E-state index in [9.17, 15) is 14.7 Å². The maximum absolute atomic E-state index is 12.5. The number of likely N-dealkylation sites (tertiary alicyclic amines) is 1. The van der Waals surface area contributed by atoms with Crippen LogP contribution in [0.4, 0.5) is 0 Å². The number of piperidine rings is 1. The number of carboxylic acids is 1. The molecule has 0 radical (unpaired) electrons. The first-order valence-corrected chi connectivity index (χ1v) is 6.76. The fourth-order valence-electron chi connectivity index (χ4n) is 3.17. The van der Waals surface area contributed by atoms with Crippen molar-refractivity contribution in [1.82, 2.24) is 10.2 Å². The number of carboxylic acid groups (broad SMARTS) is 1. The highest BCUT2D eigenvalue weighted by Crippen LogP contribution is 2.27. The Hall–Kier alpha value is -1.10. The van der Waals surface area contributed by atoms with Crippen molar-refractivity contribution in [3.8, 4) is 0 Å². The van der Waals surface area contributed by atoms with Crippen LogP contribution in [-0.4, -0.2) is 47.6 Å². The number of hydrogen-bond acceptors (Lipinski definition) is 3. The van der Waals surface area contributed by atoms with Gasteiger partial charge >= 0.3 is 5.97 Å². The molecule has 0 saturated carbocycles. The zero-order valence-corrected chi connectivity index (χ0v) is 11.1. The van der Waals surface area contributed by atoms with Crippen LogP contribution in [0.2, 0.25) is 0 Å². The second kappa shape index (κ2) is 5.26. The molecule has 2 N–H and O–H groups in total. The van der Waals surface area contributed by atoms with Gasteiger partial charge in [-0.15, -0.1) is 0 Å². The molecular weight excluding hydrogens is 232 g/mol. The fourth-order valence-corrected chi connectivity index (χ4v) is 3.17. The Balaban J connectivity index is 2.14. The van der Waals surface area contributed by atoms with E-state index in [1.807, 2.05) is 13.8 Å². The van der Waals surface area contributed by atoms with Crippen molar-refractivity contribution in [2.45, 2.75) is 32.7 Å². The van der Waals surface area contributed by atoms with Crippen LogP contribution in [0.25, 0.3) is 0 Å². The van der Waals surface area contributed by atoms with Gasteiger partial charge in [-0.05, 0) is 31.2 Å². The summed E-state index contributed by atoms with van der Waals surface area (Å²) in [5.41, 5.74) is 0. The number of nitrogens with zero attached hydrogens (tertiary/aromatic N) is 1. The minimum Gasteiger partial charge on any atom is -0.480 e. The Morgan fingerprint density at radius 3 is 2.50 bits per heavy atom. The highest BCUT2D eigenvalue weighted by molar-refractivity contribution is 5.86. The molecule has 18 heavy (non-hydrogen) atoms. The minimum atomic E-state index is -0.867. The van der Waals surface area contributed by atoms with Crippen molar-refractivity contribution in [1.29, 1.82) is 0 Å². The number of amides is 1. The Morgan fingerprint density at radius 2 is 1.94 bits per heavy atom. The van der Waals surface area contributed by atoms with Gasteiger partial charge in [0.05, 0.1) is 5.92 Å². The van der Waals surface area contributed by atoms with Crippen LogP contribution in [0.3, 0.4) is 0 Å². The summed E-state index contributed by atoms with van der Waals surface area (Å²) < 4.78 is 0. The van der Waals surface area contributed by atoms with Crippen LogP contribution >= 0.6 is 0 Å². The first-order chi connectivity index (χ1) is 8.52. The van der Waals surface area contributed by atoms with Crippen LogP contribution in [0.5, 0.6) is 0 Å². The van der Waals surface area contributed by atoms with Crippen LogP contribution in [-0.2, 0) is 9.59 Å². The lowest BCUT2D eigenvalue weighted by molar-refractivity contribution is -0.156. The molecule has 2 rings (SSSR count). The van der Waals surface area contributed by atoms with Crippen LogP contribution in [0, 0.1) is 17.8 Å². The van der Waals surface area contributed by atoms with Crippen molar-refractivity contribution in [2.75, 3.05) is 19.6 Å². The molecule has 2 aliphatic heterocycles. The van der Waals surface area contributed by atoms with E-state index >= 15 is 0 Å². The lowest BCUT2D eigenvalue weighted by atomic mass is 9.88. The molecule has 4 atom stereocenters. The smallest absolute Gasteiger partial charge is 0.326 e. The zero-order chi connectivity index (χ0) is 13.3. The molecule has 0 bridgehead atoms. The third kappa shape index (κ3) is 2.36. The molecule has 2 saturated heterocycles. The van der Waals surface area contributed by atoms with Gasteiger partial charge in [-0.3, -0.25) is 4.79 Å². The van der Waals surface area contributed by atoms with Crippen LogP contribution in [0.1, 0.15) is 26.7 Å².